The lowest BCUT2D eigenvalue weighted by atomic mass is 9.76. The minimum absolute atomic E-state index is 0.00495. The molecule has 7 heteroatoms. The van der Waals surface area contributed by atoms with E-state index in [1.54, 1.807) is 66.7 Å². The van der Waals surface area contributed by atoms with Gasteiger partial charge in [0.1, 0.15) is 11.4 Å². The van der Waals surface area contributed by atoms with Gasteiger partial charge in [-0.2, -0.15) is 18.3 Å². The fourth-order valence-corrected chi connectivity index (χ4v) is 4.02. The van der Waals surface area contributed by atoms with E-state index >= 15 is 8.87 Å². The van der Waals surface area contributed by atoms with Gasteiger partial charge in [-0.3, -0.25) is 4.79 Å². The highest BCUT2D eigenvalue weighted by Gasteiger charge is 2.46. The van der Waals surface area contributed by atoms with Crippen LogP contribution in [0, 0.1) is 5.82 Å². The molecule has 4 aromatic rings. The topological polar surface area (TPSA) is 20.3 Å². The number of Topliss-reactive ketones (excluding diaryl/α,β-unsaturated/α-hetero) is 1. The summed E-state index contributed by atoms with van der Waals surface area (Å²) < 4.78 is 70.3. The Kier molecular flexibility index (Phi) is 6.20. The van der Waals surface area contributed by atoms with Crippen LogP contribution in [0.25, 0.3) is 0 Å². The van der Waals surface area contributed by atoms with Crippen LogP contribution in [-0.2, 0) is 5.54 Å². The summed E-state index contributed by atoms with van der Waals surface area (Å²) in [5.41, 5.74) is -1.81. The molecular formula is C27H18F5NO. The molecule has 4 rings (SSSR count). The highest BCUT2D eigenvalue weighted by molar-refractivity contribution is 6.00. The Balaban J connectivity index is 1.97. The number of hydrogen-bond acceptors (Lipinski definition) is 2. The van der Waals surface area contributed by atoms with E-state index in [4.69, 9.17) is 0 Å². The maximum absolute atomic E-state index is 16.6. The highest BCUT2D eigenvalue weighted by atomic mass is 19.4. The number of halogens is 5. The molecule has 0 aliphatic rings. The standard InChI is InChI=1S/C27H18F5NO/c28-24-14-8-7-13-23(24)26(20-9-3-1-4-10-20,21-11-5-2-6-12-21)33(32)22-17-15-19(16-18-22)25(34)27(29,30)31/h1-18H. The molecule has 0 saturated heterocycles. The molecule has 0 N–H and O–H groups in total. The normalized spacial score (nSPS) is 11.8. The third-order valence-corrected chi connectivity index (χ3v) is 5.55. The summed E-state index contributed by atoms with van der Waals surface area (Å²) in [6.07, 6.45) is -5.05. The fourth-order valence-electron chi connectivity index (χ4n) is 4.02. The number of anilines is 1. The first-order valence-electron chi connectivity index (χ1n) is 10.3. The van der Waals surface area contributed by atoms with Gasteiger partial charge in [-0.15, -0.1) is 0 Å². The first kappa shape index (κ1) is 23.2. The predicted octanol–water partition coefficient (Wildman–Crippen LogP) is 7.25. The average molecular weight is 467 g/mol. The second-order valence-electron chi connectivity index (χ2n) is 7.58. The summed E-state index contributed by atoms with van der Waals surface area (Å²) in [5, 5.41) is 0.317. The zero-order chi connectivity index (χ0) is 24.3. The number of nitrogens with zero attached hydrogens (tertiary/aromatic N) is 1. The molecule has 2 nitrogen and oxygen atoms in total. The fraction of sp³-hybridized carbons (Fsp3) is 0.0741. The minimum Gasteiger partial charge on any atom is -0.284 e. The van der Waals surface area contributed by atoms with Crippen LogP contribution in [-0.4, -0.2) is 12.0 Å². The van der Waals surface area contributed by atoms with Gasteiger partial charge in [0.2, 0.25) is 0 Å². The quantitative estimate of drug-likeness (QED) is 0.129. The number of ketones is 1. The zero-order valence-electron chi connectivity index (χ0n) is 17.6. The van der Waals surface area contributed by atoms with E-state index in [9.17, 15) is 18.0 Å². The van der Waals surface area contributed by atoms with E-state index in [1.807, 2.05) is 0 Å². The van der Waals surface area contributed by atoms with Gasteiger partial charge in [0.25, 0.3) is 5.78 Å². The monoisotopic (exact) mass is 467 g/mol. The van der Waals surface area contributed by atoms with Gasteiger partial charge in [0.15, 0.2) is 0 Å². The lowest BCUT2D eigenvalue weighted by Crippen LogP contribution is -2.44. The Morgan fingerprint density at radius 3 is 1.59 bits per heavy atom. The van der Waals surface area contributed by atoms with Crippen molar-refractivity contribution in [3.05, 3.63) is 137 Å². The van der Waals surface area contributed by atoms with E-state index in [0.717, 1.165) is 24.3 Å². The van der Waals surface area contributed by atoms with Crippen molar-refractivity contribution in [2.75, 3.05) is 5.12 Å². The highest BCUT2D eigenvalue weighted by Crippen LogP contribution is 2.46. The summed E-state index contributed by atoms with van der Waals surface area (Å²) in [5.74, 6) is -2.70. The van der Waals surface area contributed by atoms with E-state index in [2.05, 4.69) is 0 Å². The van der Waals surface area contributed by atoms with Gasteiger partial charge in [0, 0.05) is 11.1 Å². The van der Waals surface area contributed by atoms with Crippen molar-refractivity contribution >= 4 is 11.5 Å². The van der Waals surface area contributed by atoms with Crippen LogP contribution in [0.1, 0.15) is 27.0 Å². The first-order valence-corrected chi connectivity index (χ1v) is 10.3. The summed E-state index contributed by atoms with van der Waals surface area (Å²) >= 11 is 0. The molecule has 34 heavy (non-hydrogen) atoms. The molecule has 0 spiro atoms. The van der Waals surface area contributed by atoms with Gasteiger partial charge in [-0.1, -0.05) is 83.3 Å². The Morgan fingerprint density at radius 1 is 0.647 bits per heavy atom. The molecule has 0 heterocycles. The van der Waals surface area contributed by atoms with E-state index < -0.39 is 28.9 Å². The van der Waals surface area contributed by atoms with Gasteiger partial charge in [-0.05, 0) is 41.5 Å². The molecule has 0 radical (unpaired) electrons. The molecule has 0 unspecified atom stereocenters. The molecule has 0 aliphatic heterocycles. The zero-order valence-corrected chi connectivity index (χ0v) is 17.6. The summed E-state index contributed by atoms with van der Waals surface area (Å²) in [6, 6.07) is 26.5. The van der Waals surface area contributed by atoms with Crippen LogP contribution in [0.3, 0.4) is 0 Å². The molecule has 0 atom stereocenters. The van der Waals surface area contributed by atoms with Gasteiger partial charge in [0.05, 0.1) is 5.69 Å². The average Bonchev–Trinajstić information content (AvgIpc) is 2.86. The molecule has 0 fully saturated rings. The van der Waals surface area contributed by atoms with Crippen molar-refractivity contribution in [2.24, 2.45) is 0 Å². The second kappa shape index (κ2) is 9.09. The number of carbonyl (C=O) groups excluding carboxylic acids is 1. The maximum Gasteiger partial charge on any atom is 0.454 e. The molecule has 0 amide bonds. The Morgan fingerprint density at radius 2 is 1.12 bits per heavy atom. The summed E-state index contributed by atoms with van der Waals surface area (Å²) in [6.45, 7) is 0. The predicted molar refractivity (Wildman–Crippen MR) is 120 cm³/mol. The van der Waals surface area contributed by atoms with Crippen molar-refractivity contribution in [3.63, 3.8) is 0 Å². The number of carbonyl (C=O) groups is 1. The van der Waals surface area contributed by atoms with Crippen molar-refractivity contribution in [1.82, 2.24) is 0 Å². The molecular weight excluding hydrogens is 449 g/mol. The first-order chi connectivity index (χ1) is 16.3. The van der Waals surface area contributed by atoms with Crippen LogP contribution in [0.15, 0.2) is 109 Å². The molecule has 0 aliphatic carbocycles. The van der Waals surface area contributed by atoms with Crippen molar-refractivity contribution in [3.8, 4) is 0 Å². The molecule has 4 aromatic carbocycles. The van der Waals surface area contributed by atoms with Gasteiger partial charge in [-0.25, -0.2) is 4.39 Å². The van der Waals surface area contributed by atoms with Crippen LogP contribution < -0.4 is 5.12 Å². The second-order valence-corrected chi connectivity index (χ2v) is 7.58. The Bertz CT molecular complexity index is 1230. The van der Waals surface area contributed by atoms with Gasteiger partial charge >= 0.3 is 6.18 Å². The lowest BCUT2D eigenvalue weighted by Gasteiger charge is -2.41. The minimum atomic E-state index is -5.05. The Labute approximate surface area is 192 Å². The molecule has 0 saturated carbocycles. The summed E-state index contributed by atoms with van der Waals surface area (Å²) in [4.78, 5) is 11.6. The van der Waals surface area contributed by atoms with Crippen LogP contribution in [0.5, 0.6) is 0 Å². The largest absolute Gasteiger partial charge is 0.454 e. The number of benzene rings is 4. The number of hydrogen-bond donors (Lipinski definition) is 0. The number of rotatable bonds is 6. The van der Waals surface area contributed by atoms with E-state index in [-0.39, 0.29) is 11.3 Å². The molecule has 0 aromatic heterocycles. The van der Waals surface area contributed by atoms with Crippen LogP contribution in [0.2, 0.25) is 0 Å². The van der Waals surface area contributed by atoms with E-state index in [1.165, 1.54) is 18.2 Å². The smallest absolute Gasteiger partial charge is 0.284 e. The van der Waals surface area contributed by atoms with Crippen molar-refractivity contribution in [1.29, 1.82) is 0 Å². The summed E-state index contributed by atoms with van der Waals surface area (Å²) in [7, 11) is 0. The molecule has 172 valence electrons. The van der Waals surface area contributed by atoms with Crippen LogP contribution >= 0.6 is 0 Å². The third kappa shape index (κ3) is 4.05. The third-order valence-electron chi connectivity index (χ3n) is 5.55. The Hall–Kier alpha value is -4.00. The molecule has 0 bridgehead atoms. The number of alkyl halides is 3. The van der Waals surface area contributed by atoms with Crippen molar-refractivity contribution < 1.29 is 26.8 Å². The SMILES string of the molecule is O=C(c1ccc(N(F)C(c2ccccc2)(c2ccccc2)c2ccccc2F)cc1)C(F)(F)F. The van der Waals surface area contributed by atoms with Crippen LogP contribution in [0.4, 0.5) is 27.7 Å². The van der Waals surface area contributed by atoms with E-state index in [0.29, 0.717) is 16.2 Å². The lowest BCUT2D eigenvalue weighted by molar-refractivity contribution is -0.0885. The maximum atomic E-state index is 16.6. The van der Waals surface area contributed by atoms with Crippen molar-refractivity contribution in [2.45, 2.75) is 11.7 Å². The van der Waals surface area contributed by atoms with Gasteiger partial charge < -0.3 is 0 Å².